The van der Waals surface area contributed by atoms with Gasteiger partial charge in [0.2, 0.25) is 0 Å². The zero-order chi connectivity index (χ0) is 16.3. The van der Waals surface area contributed by atoms with Crippen molar-refractivity contribution >= 4 is 11.6 Å². The van der Waals surface area contributed by atoms with Crippen molar-refractivity contribution in [2.45, 2.75) is 26.3 Å². The molecular weight excluding hydrogens is 290 g/mol. The van der Waals surface area contributed by atoms with E-state index in [1.54, 1.807) is 6.07 Å². The highest BCUT2D eigenvalue weighted by Crippen LogP contribution is 2.23. The van der Waals surface area contributed by atoms with Crippen LogP contribution in [0.5, 0.6) is 5.75 Å². The van der Waals surface area contributed by atoms with E-state index in [0.717, 1.165) is 17.8 Å². The molecule has 0 bridgehead atoms. The van der Waals surface area contributed by atoms with Gasteiger partial charge in [0.25, 0.3) is 11.6 Å². The van der Waals surface area contributed by atoms with E-state index < -0.39 is 16.6 Å². The van der Waals surface area contributed by atoms with Gasteiger partial charge in [0, 0.05) is 12.1 Å². The SMILES string of the molecule is CC(C)c1cc(CNC(=O)c2ccc([N+](=O)[O-])cc2O)on1. The van der Waals surface area contributed by atoms with E-state index in [-0.39, 0.29) is 23.7 Å². The van der Waals surface area contributed by atoms with Crippen molar-refractivity contribution in [3.63, 3.8) is 0 Å². The zero-order valence-electron chi connectivity index (χ0n) is 12.1. The number of nitro groups is 1. The van der Waals surface area contributed by atoms with Gasteiger partial charge in [0.15, 0.2) is 5.76 Å². The summed E-state index contributed by atoms with van der Waals surface area (Å²) in [5.41, 5.74) is 0.447. The Morgan fingerprint density at radius 2 is 2.18 bits per heavy atom. The molecule has 8 heteroatoms. The Morgan fingerprint density at radius 3 is 2.73 bits per heavy atom. The Hall–Kier alpha value is -2.90. The molecule has 2 aromatic rings. The van der Waals surface area contributed by atoms with Gasteiger partial charge in [0.05, 0.1) is 28.8 Å². The van der Waals surface area contributed by atoms with Crippen LogP contribution in [0.1, 0.15) is 41.6 Å². The number of nitrogens with one attached hydrogen (secondary N) is 1. The van der Waals surface area contributed by atoms with Gasteiger partial charge in [-0.05, 0) is 12.0 Å². The van der Waals surface area contributed by atoms with E-state index in [1.807, 2.05) is 13.8 Å². The molecule has 0 aliphatic carbocycles. The minimum Gasteiger partial charge on any atom is -0.507 e. The number of phenols is 1. The third-order valence-electron chi connectivity index (χ3n) is 3.03. The van der Waals surface area contributed by atoms with Crippen LogP contribution < -0.4 is 5.32 Å². The van der Waals surface area contributed by atoms with Crippen molar-refractivity contribution in [1.29, 1.82) is 0 Å². The Balaban J connectivity index is 2.04. The summed E-state index contributed by atoms with van der Waals surface area (Å²) in [6.07, 6.45) is 0. The van der Waals surface area contributed by atoms with Gasteiger partial charge >= 0.3 is 0 Å². The van der Waals surface area contributed by atoms with E-state index in [9.17, 15) is 20.0 Å². The molecule has 1 aromatic carbocycles. The van der Waals surface area contributed by atoms with Crippen molar-refractivity contribution < 1.29 is 19.3 Å². The minimum absolute atomic E-state index is 0.0470. The Kier molecular flexibility index (Phi) is 4.40. The van der Waals surface area contributed by atoms with Crippen LogP contribution in [0.2, 0.25) is 0 Å². The smallest absolute Gasteiger partial charge is 0.273 e. The maximum absolute atomic E-state index is 12.0. The average molecular weight is 305 g/mol. The van der Waals surface area contributed by atoms with Crippen molar-refractivity contribution in [1.82, 2.24) is 10.5 Å². The second kappa shape index (κ2) is 6.25. The lowest BCUT2D eigenvalue weighted by Crippen LogP contribution is -2.22. The summed E-state index contributed by atoms with van der Waals surface area (Å²) >= 11 is 0. The molecule has 0 fully saturated rings. The first-order valence-corrected chi connectivity index (χ1v) is 6.59. The number of rotatable bonds is 5. The first-order valence-electron chi connectivity index (χ1n) is 6.59. The normalized spacial score (nSPS) is 10.7. The zero-order valence-corrected chi connectivity index (χ0v) is 12.1. The summed E-state index contributed by atoms with van der Waals surface area (Å²) in [6, 6.07) is 5.02. The first kappa shape index (κ1) is 15.5. The average Bonchev–Trinajstić information content (AvgIpc) is 2.93. The van der Waals surface area contributed by atoms with E-state index >= 15 is 0 Å². The fourth-order valence-corrected chi connectivity index (χ4v) is 1.77. The number of aromatic hydroxyl groups is 1. The van der Waals surface area contributed by atoms with Crippen molar-refractivity contribution in [2.24, 2.45) is 0 Å². The first-order chi connectivity index (χ1) is 10.4. The highest BCUT2D eigenvalue weighted by molar-refractivity contribution is 5.97. The van der Waals surface area contributed by atoms with Gasteiger partial charge in [-0.2, -0.15) is 0 Å². The minimum atomic E-state index is -0.649. The summed E-state index contributed by atoms with van der Waals surface area (Å²) in [5.74, 6) is -0.313. The van der Waals surface area contributed by atoms with Gasteiger partial charge in [0.1, 0.15) is 5.75 Å². The molecule has 116 valence electrons. The summed E-state index contributed by atoms with van der Waals surface area (Å²) in [4.78, 5) is 21.9. The predicted octanol–water partition coefficient (Wildman–Crippen LogP) is 2.34. The number of nitrogens with zero attached hydrogens (tertiary/aromatic N) is 2. The summed E-state index contributed by atoms with van der Waals surface area (Å²) in [5, 5.41) is 26.7. The molecule has 2 N–H and O–H groups in total. The second-order valence-electron chi connectivity index (χ2n) is 5.01. The lowest BCUT2D eigenvalue weighted by Gasteiger charge is -2.05. The standard InChI is InChI=1S/C14H15N3O5/c1-8(2)12-6-10(22-16-12)7-15-14(19)11-4-3-9(17(20)21)5-13(11)18/h3-6,8,18H,7H2,1-2H3,(H,15,19). The molecule has 0 unspecified atom stereocenters. The lowest BCUT2D eigenvalue weighted by atomic mass is 10.1. The largest absolute Gasteiger partial charge is 0.507 e. The molecule has 0 saturated carbocycles. The quantitative estimate of drug-likeness (QED) is 0.646. The van der Waals surface area contributed by atoms with Crippen LogP contribution >= 0.6 is 0 Å². The fraction of sp³-hybridized carbons (Fsp3) is 0.286. The van der Waals surface area contributed by atoms with Crippen LogP contribution in [0.3, 0.4) is 0 Å². The van der Waals surface area contributed by atoms with Gasteiger partial charge in [-0.1, -0.05) is 19.0 Å². The van der Waals surface area contributed by atoms with E-state index in [4.69, 9.17) is 4.52 Å². The number of aromatic nitrogens is 1. The van der Waals surface area contributed by atoms with Crippen LogP contribution in [0.4, 0.5) is 5.69 Å². The third-order valence-corrected chi connectivity index (χ3v) is 3.03. The summed E-state index contributed by atoms with van der Waals surface area (Å²) in [6.45, 7) is 4.04. The predicted molar refractivity (Wildman–Crippen MR) is 76.5 cm³/mol. The van der Waals surface area contributed by atoms with Crippen LogP contribution in [0.25, 0.3) is 0 Å². The number of non-ortho nitro benzene ring substituents is 1. The molecule has 1 heterocycles. The van der Waals surface area contributed by atoms with Crippen molar-refractivity contribution in [3.8, 4) is 5.75 Å². The van der Waals surface area contributed by atoms with Crippen LogP contribution in [0.15, 0.2) is 28.8 Å². The molecule has 1 amide bonds. The molecular formula is C14H15N3O5. The van der Waals surface area contributed by atoms with Gasteiger partial charge in [-0.15, -0.1) is 0 Å². The molecule has 0 radical (unpaired) electrons. The molecule has 1 aromatic heterocycles. The molecule has 0 atom stereocenters. The molecule has 2 rings (SSSR count). The van der Waals surface area contributed by atoms with E-state index in [1.165, 1.54) is 6.07 Å². The molecule has 8 nitrogen and oxygen atoms in total. The number of benzene rings is 1. The molecule has 22 heavy (non-hydrogen) atoms. The van der Waals surface area contributed by atoms with E-state index in [2.05, 4.69) is 10.5 Å². The maximum Gasteiger partial charge on any atom is 0.273 e. The lowest BCUT2D eigenvalue weighted by molar-refractivity contribution is -0.384. The Bertz CT molecular complexity index is 708. The number of hydrogen-bond acceptors (Lipinski definition) is 6. The van der Waals surface area contributed by atoms with Crippen LogP contribution in [0, 0.1) is 10.1 Å². The number of carbonyl (C=O) groups excluding carboxylic acids is 1. The maximum atomic E-state index is 12.0. The van der Waals surface area contributed by atoms with Crippen LogP contribution in [-0.2, 0) is 6.54 Å². The topological polar surface area (TPSA) is 118 Å². The summed E-state index contributed by atoms with van der Waals surface area (Å²) in [7, 11) is 0. The number of amides is 1. The Morgan fingerprint density at radius 1 is 1.45 bits per heavy atom. The molecule has 0 aliphatic rings. The van der Waals surface area contributed by atoms with Gasteiger partial charge in [-0.25, -0.2) is 0 Å². The molecule has 0 spiro atoms. The molecule has 0 saturated heterocycles. The van der Waals surface area contributed by atoms with Gasteiger partial charge < -0.3 is 14.9 Å². The number of nitro benzene ring substituents is 1. The fourth-order valence-electron chi connectivity index (χ4n) is 1.77. The number of phenolic OH excluding ortho intramolecular Hbond substituents is 1. The van der Waals surface area contributed by atoms with Crippen molar-refractivity contribution in [2.75, 3.05) is 0 Å². The van der Waals surface area contributed by atoms with Gasteiger partial charge in [-0.3, -0.25) is 14.9 Å². The summed E-state index contributed by atoms with van der Waals surface area (Å²) < 4.78 is 5.08. The van der Waals surface area contributed by atoms with Crippen LogP contribution in [-0.4, -0.2) is 21.1 Å². The highest BCUT2D eigenvalue weighted by Gasteiger charge is 2.16. The highest BCUT2D eigenvalue weighted by atomic mass is 16.6. The second-order valence-corrected chi connectivity index (χ2v) is 5.01. The third kappa shape index (κ3) is 3.40. The van der Waals surface area contributed by atoms with Crippen molar-refractivity contribution in [3.05, 3.63) is 51.4 Å². The van der Waals surface area contributed by atoms with E-state index in [0.29, 0.717) is 5.76 Å². The Labute approximate surface area is 125 Å². The molecule has 0 aliphatic heterocycles. The monoisotopic (exact) mass is 305 g/mol. The number of hydrogen-bond donors (Lipinski definition) is 2. The number of carbonyl (C=O) groups is 1.